The van der Waals surface area contributed by atoms with Crippen molar-refractivity contribution in [3.8, 4) is 0 Å². The number of nitrogens with one attached hydrogen (secondary N) is 1. The summed E-state index contributed by atoms with van der Waals surface area (Å²) < 4.78 is 5.13. The standard InChI is InChI=1S/C17H17ClN2O/c1-11-3-6-15-14(9-11)17(19-7-8-21-2)13-5-4-12(18)10-16(13)20-15/h3-6,9-10H,7-8H2,1-2H3,(H,19,20). The van der Waals surface area contributed by atoms with Gasteiger partial charge in [-0.25, -0.2) is 4.98 Å². The number of fused-ring (bicyclic) bond motifs is 2. The maximum Gasteiger partial charge on any atom is 0.0745 e. The van der Waals surface area contributed by atoms with E-state index in [1.54, 1.807) is 7.11 Å². The zero-order valence-corrected chi connectivity index (χ0v) is 12.9. The average molecular weight is 301 g/mol. The molecule has 0 aliphatic rings. The molecule has 3 nitrogen and oxygen atoms in total. The lowest BCUT2D eigenvalue weighted by Crippen LogP contribution is -2.08. The van der Waals surface area contributed by atoms with Crippen LogP contribution in [0.2, 0.25) is 5.02 Å². The molecule has 0 amide bonds. The fraction of sp³-hybridized carbons (Fsp3) is 0.235. The molecule has 0 atom stereocenters. The van der Waals surface area contributed by atoms with Crippen LogP contribution in [0, 0.1) is 6.92 Å². The minimum atomic E-state index is 0.657. The van der Waals surface area contributed by atoms with E-state index in [9.17, 15) is 0 Å². The summed E-state index contributed by atoms with van der Waals surface area (Å²) in [5.41, 5.74) is 4.17. The van der Waals surface area contributed by atoms with Crippen molar-refractivity contribution in [2.75, 3.05) is 25.6 Å². The summed E-state index contributed by atoms with van der Waals surface area (Å²) in [7, 11) is 1.70. The van der Waals surface area contributed by atoms with Crippen molar-refractivity contribution in [3.05, 3.63) is 47.0 Å². The average Bonchev–Trinajstić information content (AvgIpc) is 2.47. The molecule has 1 N–H and O–H groups in total. The highest BCUT2D eigenvalue weighted by Crippen LogP contribution is 2.32. The number of benzene rings is 2. The van der Waals surface area contributed by atoms with Crippen molar-refractivity contribution in [1.82, 2.24) is 4.98 Å². The van der Waals surface area contributed by atoms with Crippen molar-refractivity contribution in [3.63, 3.8) is 0 Å². The van der Waals surface area contributed by atoms with Gasteiger partial charge in [0.2, 0.25) is 0 Å². The summed E-state index contributed by atoms with van der Waals surface area (Å²) in [5, 5.41) is 6.37. The van der Waals surface area contributed by atoms with Gasteiger partial charge in [-0.05, 0) is 37.3 Å². The monoisotopic (exact) mass is 300 g/mol. The van der Waals surface area contributed by atoms with E-state index in [0.717, 1.165) is 34.0 Å². The molecule has 0 aliphatic carbocycles. The van der Waals surface area contributed by atoms with Gasteiger partial charge in [0.1, 0.15) is 0 Å². The highest BCUT2D eigenvalue weighted by Gasteiger charge is 2.09. The van der Waals surface area contributed by atoms with Crippen LogP contribution in [0.3, 0.4) is 0 Å². The molecular weight excluding hydrogens is 284 g/mol. The maximum atomic E-state index is 6.09. The lowest BCUT2D eigenvalue weighted by molar-refractivity contribution is 0.211. The molecule has 108 valence electrons. The van der Waals surface area contributed by atoms with E-state index >= 15 is 0 Å². The number of rotatable bonds is 4. The van der Waals surface area contributed by atoms with E-state index in [1.165, 1.54) is 5.56 Å². The Kier molecular flexibility index (Phi) is 3.95. The lowest BCUT2D eigenvalue weighted by Gasteiger charge is -2.13. The van der Waals surface area contributed by atoms with Gasteiger partial charge >= 0.3 is 0 Å². The number of pyridine rings is 1. The number of ether oxygens (including phenoxy) is 1. The Morgan fingerprint density at radius 1 is 1.10 bits per heavy atom. The van der Waals surface area contributed by atoms with Crippen LogP contribution in [-0.2, 0) is 4.74 Å². The van der Waals surface area contributed by atoms with Crippen LogP contribution in [0.25, 0.3) is 21.8 Å². The normalized spacial score (nSPS) is 11.2. The molecule has 0 fully saturated rings. The molecular formula is C17H17ClN2O. The maximum absolute atomic E-state index is 6.09. The molecule has 0 spiro atoms. The van der Waals surface area contributed by atoms with Crippen LogP contribution in [0.5, 0.6) is 0 Å². The minimum Gasteiger partial charge on any atom is -0.383 e. The van der Waals surface area contributed by atoms with E-state index in [-0.39, 0.29) is 0 Å². The van der Waals surface area contributed by atoms with Gasteiger partial charge in [-0.2, -0.15) is 0 Å². The van der Waals surface area contributed by atoms with Gasteiger partial charge in [0.15, 0.2) is 0 Å². The van der Waals surface area contributed by atoms with Crippen LogP contribution in [-0.4, -0.2) is 25.2 Å². The molecule has 0 saturated heterocycles. The third-order valence-corrected chi connectivity index (χ3v) is 3.73. The third kappa shape index (κ3) is 2.80. The smallest absolute Gasteiger partial charge is 0.0745 e. The molecule has 1 aromatic heterocycles. The largest absolute Gasteiger partial charge is 0.383 e. The van der Waals surface area contributed by atoms with Gasteiger partial charge in [-0.3, -0.25) is 0 Å². The molecule has 0 aliphatic heterocycles. The first-order chi connectivity index (χ1) is 10.2. The summed E-state index contributed by atoms with van der Waals surface area (Å²) in [6.45, 7) is 3.50. The van der Waals surface area contributed by atoms with Crippen LogP contribution in [0.4, 0.5) is 5.69 Å². The number of nitrogens with zero attached hydrogens (tertiary/aromatic N) is 1. The molecule has 2 aromatic carbocycles. The Labute approximate surface area is 128 Å². The van der Waals surface area contributed by atoms with Crippen LogP contribution < -0.4 is 5.32 Å². The molecule has 0 saturated carbocycles. The fourth-order valence-electron chi connectivity index (χ4n) is 2.50. The Balaban J connectivity index is 2.25. The van der Waals surface area contributed by atoms with Gasteiger partial charge in [-0.15, -0.1) is 0 Å². The molecule has 0 unspecified atom stereocenters. The Bertz CT molecular complexity index is 801. The van der Waals surface area contributed by atoms with Crippen LogP contribution in [0.1, 0.15) is 5.56 Å². The SMILES string of the molecule is COCCNc1c2ccc(Cl)cc2nc2ccc(C)cc12. The minimum absolute atomic E-state index is 0.657. The van der Waals surface area contributed by atoms with E-state index in [0.29, 0.717) is 11.6 Å². The summed E-state index contributed by atoms with van der Waals surface area (Å²) in [6.07, 6.45) is 0. The van der Waals surface area contributed by atoms with Crippen molar-refractivity contribution in [2.45, 2.75) is 6.92 Å². The number of methoxy groups -OCH3 is 1. The van der Waals surface area contributed by atoms with Crippen molar-refractivity contribution >= 4 is 39.1 Å². The summed E-state index contributed by atoms with van der Waals surface area (Å²) in [4.78, 5) is 4.71. The number of anilines is 1. The second-order valence-corrected chi connectivity index (χ2v) is 5.52. The van der Waals surface area contributed by atoms with Crippen molar-refractivity contribution in [2.24, 2.45) is 0 Å². The number of aromatic nitrogens is 1. The predicted molar refractivity (Wildman–Crippen MR) is 89.4 cm³/mol. The van der Waals surface area contributed by atoms with Crippen molar-refractivity contribution in [1.29, 1.82) is 0 Å². The number of hydrogen-bond donors (Lipinski definition) is 1. The topological polar surface area (TPSA) is 34.1 Å². The molecule has 21 heavy (non-hydrogen) atoms. The molecule has 3 rings (SSSR count). The van der Waals surface area contributed by atoms with Crippen LogP contribution in [0.15, 0.2) is 36.4 Å². The van der Waals surface area contributed by atoms with Gasteiger partial charge in [0.25, 0.3) is 0 Å². The van der Waals surface area contributed by atoms with E-state index < -0.39 is 0 Å². The first kappa shape index (κ1) is 14.1. The zero-order chi connectivity index (χ0) is 14.8. The highest BCUT2D eigenvalue weighted by molar-refractivity contribution is 6.31. The van der Waals surface area contributed by atoms with Gasteiger partial charge < -0.3 is 10.1 Å². The molecule has 0 bridgehead atoms. The second-order valence-electron chi connectivity index (χ2n) is 5.09. The number of hydrogen-bond acceptors (Lipinski definition) is 3. The first-order valence-electron chi connectivity index (χ1n) is 6.91. The van der Waals surface area contributed by atoms with Gasteiger partial charge in [0.05, 0.1) is 23.3 Å². The van der Waals surface area contributed by atoms with Crippen molar-refractivity contribution < 1.29 is 4.74 Å². The summed E-state index contributed by atoms with van der Waals surface area (Å²) in [6, 6.07) is 12.1. The molecule has 3 aromatic rings. The first-order valence-corrected chi connectivity index (χ1v) is 7.29. The van der Waals surface area contributed by atoms with E-state index in [2.05, 4.69) is 24.4 Å². The highest BCUT2D eigenvalue weighted by atomic mass is 35.5. The number of aryl methyl sites for hydroxylation is 1. The Morgan fingerprint density at radius 2 is 1.95 bits per heavy atom. The third-order valence-electron chi connectivity index (χ3n) is 3.50. The number of halogens is 1. The zero-order valence-electron chi connectivity index (χ0n) is 12.1. The van der Waals surface area contributed by atoms with E-state index in [1.807, 2.05) is 24.3 Å². The quantitative estimate of drug-likeness (QED) is 0.572. The van der Waals surface area contributed by atoms with Crippen LogP contribution >= 0.6 is 11.6 Å². The van der Waals surface area contributed by atoms with Gasteiger partial charge in [-0.1, -0.05) is 23.2 Å². The molecule has 0 radical (unpaired) electrons. The second kappa shape index (κ2) is 5.88. The summed E-state index contributed by atoms with van der Waals surface area (Å²) in [5.74, 6) is 0. The molecule has 4 heteroatoms. The lowest BCUT2D eigenvalue weighted by atomic mass is 10.1. The Hall–Kier alpha value is -1.84. The fourth-order valence-corrected chi connectivity index (χ4v) is 2.67. The predicted octanol–water partition coefficient (Wildman–Crippen LogP) is 4.41. The Morgan fingerprint density at radius 3 is 2.76 bits per heavy atom. The summed E-state index contributed by atoms with van der Waals surface area (Å²) >= 11 is 6.09. The van der Waals surface area contributed by atoms with E-state index in [4.69, 9.17) is 21.3 Å². The van der Waals surface area contributed by atoms with Gasteiger partial charge in [0, 0.05) is 29.4 Å². The molecule has 1 heterocycles.